The highest BCUT2D eigenvalue weighted by molar-refractivity contribution is 7.94. The molecular weight excluding hydrogens is 470 g/mol. The van der Waals surface area contributed by atoms with Crippen molar-refractivity contribution in [2.45, 2.75) is 38.2 Å². The Kier molecular flexibility index (Phi) is 7.95. The van der Waals surface area contributed by atoms with E-state index < -0.39 is 27.5 Å². The van der Waals surface area contributed by atoms with Crippen molar-refractivity contribution in [1.29, 1.82) is 0 Å². The number of nitrogens with zero attached hydrogens (tertiary/aromatic N) is 1. The van der Waals surface area contributed by atoms with Crippen LogP contribution in [0.4, 0.5) is 14.5 Å². The largest absolute Gasteiger partial charge is 0.492 e. The molecule has 0 amide bonds. The lowest BCUT2D eigenvalue weighted by Gasteiger charge is -2.21. The summed E-state index contributed by atoms with van der Waals surface area (Å²) in [7, 11) is -3.57. The van der Waals surface area contributed by atoms with Crippen LogP contribution in [0.3, 0.4) is 0 Å². The lowest BCUT2D eigenvalue weighted by Crippen LogP contribution is -2.33. The van der Waals surface area contributed by atoms with E-state index in [1.165, 1.54) is 0 Å². The van der Waals surface area contributed by atoms with Crippen LogP contribution in [0.25, 0.3) is 10.9 Å². The van der Waals surface area contributed by atoms with Crippen molar-refractivity contribution in [3.8, 4) is 11.6 Å². The highest BCUT2D eigenvalue weighted by Crippen LogP contribution is 2.27. The average Bonchev–Trinajstić information content (AvgIpc) is 3.13. The molecule has 0 aliphatic carbocycles. The van der Waals surface area contributed by atoms with E-state index in [-0.39, 0.29) is 19.0 Å². The van der Waals surface area contributed by atoms with E-state index in [0.29, 0.717) is 34.4 Å². The van der Waals surface area contributed by atoms with Gasteiger partial charge in [0.25, 0.3) is 0 Å². The predicted molar refractivity (Wildman–Crippen MR) is 125 cm³/mol. The van der Waals surface area contributed by atoms with E-state index in [1.807, 2.05) is 0 Å². The Balaban J connectivity index is 1.47. The normalized spacial score (nSPS) is 13.3. The van der Waals surface area contributed by atoms with Crippen molar-refractivity contribution < 1.29 is 31.8 Å². The third-order valence-corrected chi connectivity index (χ3v) is 7.03. The zero-order valence-electron chi connectivity index (χ0n) is 19.0. The molecule has 0 radical (unpaired) electrons. The van der Waals surface area contributed by atoms with E-state index in [2.05, 4.69) is 25.0 Å². The van der Waals surface area contributed by atoms with Crippen molar-refractivity contribution >= 4 is 26.6 Å². The summed E-state index contributed by atoms with van der Waals surface area (Å²) in [5.41, 5.74) is 1.44. The van der Waals surface area contributed by atoms with Gasteiger partial charge >= 0.3 is 6.61 Å². The lowest BCUT2D eigenvalue weighted by atomic mass is 10.1. The molecule has 12 heteroatoms. The van der Waals surface area contributed by atoms with Gasteiger partial charge in [0.1, 0.15) is 12.4 Å². The van der Waals surface area contributed by atoms with E-state index >= 15 is 0 Å². The van der Waals surface area contributed by atoms with Crippen molar-refractivity contribution in [3.63, 3.8) is 0 Å². The molecule has 0 aliphatic heterocycles. The fourth-order valence-corrected chi connectivity index (χ4v) is 3.70. The first-order valence-electron chi connectivity index (χ1n) is 10.5. The van der Waals surface area contributed by atoms with E-state index in [1.54, 1.807) is 63.2 Å². The molecule has 0 aliphatic rings. The maximum atomic E-state index is 12.4. The molecule has 1 unspecified atom stereocenters. The molecule has 2 aromatic carbocycles. The number of sulfonamides is 1. The smallest absolute Gasteiger partial charge is 0.388 e. The number of aliphatic hydroxyl groups is 1. The van der Waals surface area contributed by atoms with Gasteiger partial charge in [0.15, 0.2) is 0 Å². The van der Waals surface area contributed by atoms with Crippen molar-refractivity contribution in [3.05, 3.63) is 48.0 Å². The third-order valence-electron chi connectivity index (χ3n) is 4.92. The van der Waals surface area contributed by atoms with Crippen LogP contribution in [0.15, 0.2) is 42.5 Å². The van der Waals surface area contributed by atoms with Crippen molar-refractivity contribution in [2.75, 3.05) is 24.4 Å². The van der Waals surface area contributed by atoms with Crippen LogP contribution in [-0.2, 0) is 10.0 Å². The van der Waals surface area contributed by atoms with Crippen LogP contribution in [0.5, 0.6) is 11.6 Å². The monoisotopic (exact) mass is 498 g/mol. The van der Waals surface area contributed by atoms with E-state index in [9.17, 15) is 22.3 Å². The number of ether oxygens (including phenoxy) is 2. The van der Waals surface area contributed by atoms with Gasteiger partial charge in [-0.1, -0.05) is 12.1 Å². The summed E-state index contributed by atoms with van der Waals surface area (Å²) in [6, 6.07) is 11.4. The molecule has 1 atom stereocenters. The Morgan fingerprint density at radius 1 is 1.18 bits per heavy atom. The molecule has 1 aromatic heterocycles. The fourth-order valence-electron chi connectivity index (χ4n) is 2.95. The number of rotatable bonds is 11. The van der Waals surface area contributed by atoms with E-state index in [0.717, 1.165) is 0 Å². The van der Waals surface area contributed by atoms with Crippen LogP contribution in [0.1, 0.15) is 32.4 Å². The van der Waals surface area contributed by atoms with Gasteiger partial charge in [0.2, 0.25) is 15.9 Å². The summed E-state index contributed by atoms with van der Waals surface area (Å²) in [6.45, 7) is 2.79. The molecular formula is C22H28F2N4O5S. The molecule has 1 heterocycles. The predicted octanol–water partition coefficient (Wildman–Crippen LogP) is 3.41. The van der Waals surface area contributed by atoms with Crippen LogP contribution in [0, 0.1) is 0 Å². The second kappa shape index (κ2) is 10.5. The first kappa shape index (κ1) is 25.7. The molecule has 4 N–H and O–H groups in total. The highest BCUT2D eigenvalue weighted by atomic mass is 32.2. The number of fused-ring (bicyclic) bond motifs is 1. The van der Waals surface area contributed by atoms with Crippen molar-refractivity contribution in [1.82, 2.24) is 15.5 Å². The maximum Gasteiger partial charge on any atom is 0.388 e. The zero-order chi connectivity index (χ0) is 24.9. The van der Waals surface area contributed by atoms with Gasteiger partial charge in [-0.3, -0.25) is 9.82 Å². The van der Waals surface area contributed by atoms with Gasteiger partial charge in [0.05, 0.1) is 21.8 Å². The summed E-state index contributed by atoms with van der Waals surface area (Å²) in [5, 5.41) is 20.3. The Hall–Kier alpha value is -2.96. The third kappa shape index (κ3) is 6.55. The molecule has 3 aromatic rings. The van der Waals surface area contributed by atoms with Crippen LogP contribution in [-0.4, -0.2) is 54.8 Å². The number of alkyl halides is 2. The number of aromatic amines is 1. The quantitative estimate of drug-likeness (QED) is 0.299. The van der Waals surface area contributed by atoms with Gasteiger partial charge < -0.3 is 19.9 Å². The SMILES string of the molecule is CC(C)(C)S(=O)(=O)Nc1cccc(C(O)CNCCOc2ccc3c(OC(F)F)n[nH]c3c2)c1. The first-order valence-corrected chi connectivity index (χ1v) is 12.0. The molecule has 3 rings (SSSR count). The molecule has 186 valence electrons. The van der Waals surface area contributed by atoms with Gasteiger partial charge in [-0.25, -0.2) is 8.42 Å². The minimum absolute atomic E-state index is 0.178. The second-order valence-corrected chi connectivity index (χ2v) is 11.0. The Bertz CT molecular complexity index is 1210. The maximum absolute atomic E-state index is 12.4. The zero-order valence-corrected chi connectivity index (χ0v) is 19.8. The number of anilines is 1. The summed E-state index contributed by atoms with van der Waals surface area (Å²) in [5.74, 6) is 0.336. The van der Waals surface area contributed by atoms with Gasteiger partial charge in [0, 0.05) is 24.8 Å². The highest BCUT2D eigenvalue weighted by Gasteiger charge is 2.29. The number of halogens is 2. The number of hydrogen-bond donors (Lipinski definition) is 4. The second-order valence-electron chi connectivity index (χ2n) is 8.53. The molecule has 9 nitrogen and oxygen atoms in total. The summed E-state index contributed by atoms with van der Waals surface area (Å²) in [6.07, 6.45) is -0.853. The van der Waals surface area contributed by atoms with Crippen LogP contribution < -0.4 is 19.5 Å². The molecule has 0 saturated carbocycles. The van der Waals surface area contributed by atoms with Crippen molar-refractivity contribution in [2.24, 2.45) is 0 Å². The topological polar surface area (TPSA) is 126 Å². The number of aromatic nitrogens is 2. The standard InChI is InChI=1S/C22H28F2N4O5S/c1-22(2,3)34(30,31)28-15-6-4-5-14(11-15)19(29)13-25-9-10-32-16-7-8-17-18(12-16)26-27-20(17)33-21(23)24/h4-8,11-12,19,21,25,28-29H,9-10,13H2,1-3H3,(H,26,27). The minimum atomic E-state index is -3.57. The molecule has 0 bridgehead atoms. The summed E-state index contributed by atoms with van der Waals surface area (Å²) < 4.78 is 61.0. The number of benzene rings is 2. The summed E-state index contributed by atoms with van der Waals surface area (Å²) >= 11 is 0. The molecule has 0 fully saturated rings. The van der Waals surface area contributed by atoms with Crippen LogP contribution in [0.2, 0.25) is 0 Å². The first-order chi connectivity index (χ1) is 16.0. The lowest BCUT2D eigenvalue weighted by molar-refractivity contribution is -0.0518. The average molecular weight is 499 g/mol. The fraction of sp³-hybridized carbons (Fsp3) is 0.409. The Morgan fingerprint density at radius 3 is 2.65 bits per heavy atom. The molecule has 0 spiro atoms. The number of H-pyrrole nitrogens is 1. The Labute approximate surface area is 196 Å². The number of aliphatic hydroxyl groups excluding tert-OH is 1. The Morgan fingerprint density at radius 2 is 1.94 bits per heavy atom. The minimum Gasteiger partial charge on any atom is -0.492 e. The van der Waals surface area contributed by atoms with Crippen LogP contribution >= 0.6 is 0 Å². The van der Waals surface area contributed by atoms with Gasteiger partial charge in [-0.05, 0) is 50.6 Å². The number of nitrogens with one attached hydrogen (secondary N) is 3. The van der Waals surface area contributed by atoms with E-state index in [4.69, 9.17) is 4.74 Å². The van der Waals surface area contributed by atoms with Gasteiger partial charge in [-0.2, -0.15) is 8.78 Å². The van der Waals surface area contributed by atoms with Gasteiger partial charge in [-0.15, -0.1) is 5.10 Å². The number of hydrogen-bond acceptors (Lipinski definition) is 7. The molecule has 34 heavy (non-hydrogen) atoms. The summed E-state index contributed by atoms with van der Waals surface area (Å²) in [4.78, 5) is 0. The molecule has 0 saturated heterocycles.